The molecule has 0 saturated carbocycles. The highest BCUT2D eigenvalue weighted by atomic mass is 32.2. The van der Waals surface area contributed by atoms with Crippen LogP contribution in [0.1, 0.15) is 24.2 Å². The van der Waals surface area contributed by atoms with Gasteiger partial charge in [-0.05, 0) is 62.0 Å². The lowest BCUT2D eigenvalue weighted by molar-refractivity contribution is -0.123. The molecule has 0 aliphatic carbocycles. The van der Waals surface area contributed by atoms with Crippen molar-refractivity contribution in [1.82, 2.24) is 0 Å². The molecule has 1 atom stereocenters. The lowest BCUT2D eigenvalue weighted by Gasteiger charge is -2.15. The zero-order chi connectivity index (χ0) is 20.7. The molecule has 28 heavy (non-hydrogen) atoms. The lowest BCUT2D eigenvalue weighted by atomic mass is 10.2. The van der Waals surface area contributed by atoms with Gasteiger partial charge in [-0.3, -0.25) is 4.79 Å². The summed E-state index contributed by atoms with van der Waals surface area (Å²) in [6.45, 7) is 3.62. The number of anilines is 1. The van der Waals surface area contributed by atoms with Gasteiger partial charge in [0.1, 0.15) is 5.75 Å². The summed E-state index contributed by atoms with van der Waals surface area (Å²) < 4.78 is 47.5. The first kappa shape index (κ1) is 21.6. The van der Waals surface area contributed by atoms with E-state index in [9.17, 15) is 22.8 Å². The number of nitrogens with one attached hydrogen (secondary N) is 1. The third kappa shape index (κ3) is 6.49. The van der Waals surface area contributed by atoms with Gasteiger partial charge in [0, 0.05) is 4.90 Å². The molecule has 0 aliphatic rings. The number of halogens is 3. The SMILES string of the molecule is CCOc1ccccc1NC(=O)[C@H](C)OC(=O)c1ccc(SC(F)(F)F)cc1. The van der Waals surface area contributed by atoms with E-state index >= 15 is 0 Å². The van der Waals surface area contributed by atoms with Crippen molar-refractivity contribution in [1.29, 1.82) is 0 Å². The number of carbonyl (C=O) groups excluding carboxylic acids is 2. The number of thioether (sulfide) groups is 1. The van der Waals surface area contributed by atoms with Gasteiger partial charge in [-0.1, -0.05) is 12.1 Å². The number of para-hydroxylation sites is 2. The van der Waals surface area contributed by atoms with Gasteiger partial charge in [-0.25, -0.2) is 4.79 Å². The fourth-order valence-electron chi connectivity index (χ4n) is 2.16. The van der Waals surface area contributed by atoms with Gasteiger partial charge in [0.2, 0.25) is 0 Å². The van der Waals surface area contributed by atoms with Crippen LogP contribution in [0.3, 0.4) is 0 Å². The van der Waals surface area contributed by atoms with Crippen LogP contribution in [0.5, 0.6) is 5.75 Å². The second-order valence-electron chi connectivity index (χ2n) is 5.54. The van der Waals surface area contributed by atoms with E-state index in [4.69, 9.17) is 9.47 Å². The zero-order valence-electron chi connectivity index (χ0n) is 15.1. The number of benzene rings is 2. The standard InChI is InChI=1S/C19H18F3NO4S/c1-3-26-16-7-5-4-6-15(16)23-17(24)12(2)27-18(25)13-8-10-14(11-9-13)28-19(20,21)22/h4-12H,3H2,1-2H3,(H,23,24)/t12-/m0/s1. The maximum atomic E-state index is 12.3. The van der Waals surface area contributed by atoms with Gasteiger partial charge in [0.15, 0.2) is 6.10 Å². The Balaban J connectivity index is 1.97. The van der Waals surface area contributed by atoms with Crippen molar-refractivity contribution in [3.05, 3.63) is 54.1 Å². The monoisotopic (exact) mass is 413 g/mol. The predicted molar refractivity (Wildman–Crippen MR) is 99.5 cm³/mol. The van der Waals surface area contributed by atoms with Crippen molar-refractivity contribution >= 4 is 29.3 Å². The lowest BCUT2D eigenvalue weighted by Crippen LogP contribution is -2.30. The van der Waals surface area contributed by atoms with Crippen LogP contribution in [0.15, 0.2) is 53.4 Å². The Kier molecular flexibility index (Phi) is 7.33. The smallest absolute Gasteiger partial charge is 0.446 e. The molecule has 0 fully saturated rings. The predicted octanol–water partition coefficient (Wildman–Crippen LogP) is 4.88. The van der Waals surface area contributed by atoms with Gasteiger partial charge in [-0.15, -0.1) is 0 Å². The number of hydrogen-bond acceptors (Lipinski definition) is 5. The highest BCUT2D eigenvalue weighted by Gasteiger charge is 2.29. The molecule has 0 bridgehead atoms. The average Bonchev–Trinajstić information content (AvgIpc) is 2.62. The molecule has 0 heterocycles. The third-order valence-electron chi connectivity index (χ3n) is 3.42. The molecule has 0 saturated heterocycles. The summed E-state index contributed by atoms with van der Waals surface area (Å²) in [6.07, 6.45) is -1.12. The summed E-state index contributed by atoms with van der Waals surface area (Å²) >= 11 is -0.282. The van der Waals surface area contributed by atoms with E-state index in [1.807, 2.05) is 6.92 Å². The molecular formula is C19H18F3NO4S. The quantitative estimate of drug-likeness (QED) is 0.518. The molecule has 0 aromatic heterocycles. The van der Waals surface area contributed by atoms with Gasteiger partial charge in [0.25, 0.3) is 5.91 Å². The van der Waals surface area contributed by atoms with E-state index in [0.29, 0.717) is 18.0 Å². The van der Waals surface area contributed by atoms with Crippen LogP contribution < -0.4 is 10.1 Å². The Labute approximate surface area is 164 Å². The average molecular weight is 413 g/mol. The Morgan fingerprint density at radius 2 is 1.75 bits per heavy atom. The van der Waals surface area contributed by atoms with Gasteiger partial charge in [0.05, 0.1) is 17.9 Å². The first-order valence-corrected chi connectivity index (χ1v) is 9.10. The van der Waals surface area contributed by atoms with Gasteiger partial charge in [-0.2, -0.15) is 13.2 Å². The molecule has 2 aromatic carbocycles. The topological polar surface area (TPSA) is 64.6 Å². The van der Waals surface area contributed by atoms with Gasteiger partial charge >= 0.3 is 11.5 Å². The molecule has 0 unspecified atom stereocenters. The van der Waals surface area contributed by atoms with Crippen molar-refractivity contribution < 1.29 is 32.2 Å². The minimum Gasteiger partial charge on any atom is -0.492 e. The number of hydrogen-bond donors (Lipinski definition) is 1. The zero-order valence-corrected chi connectivity index (χ0v) is 15.9. The largest absolute Gasteiger partial charge is 0.492 e. The van der Waals surface area contributed by atoms with Crippen LogP contribution in [-0.2, 0) is 9.53 Å². The van der Waals surface area contributed by atoms with E-state index in [0.717, 1.165) is 12.1 Å². The Bertz CT molecular complexity index is 825. The number of ether oxygens (including phenoxy) is 2. The first-order valence-electron chi connectivity index (χ1n) is 8.29. The molecule has 5 nitrogen and oxygen atoms in total. The summed E-state index contributed by atoms with van der Waals surface area (Å²) in [5.41, 5.74) is -3.93. The van der Waals surface area contributed by atoms with Crippen molar-refractivity contribution in [2.75, 3.05) is 11.9 Å². The fourth-order valence-corrected chi connectivity index (χ4v) is 2.70. The molecule has 0 spiro atoms. The van der Waals surface area contributed by atoms with E-state index in [1.165, 1.54) is 19.1 Å². The highest BCUT2D eigenvalue weighted by molar-refractivity contribution is 8.00. The number of carbonyl (C=O) groups is 2. The molecule has 2 aromatic rings. The van der Waals surface area contributed by atoms with Crippen LogP contribution in [0, 0.1) is 0 Å². The van der Waals surface area contributed by atoms with Crippen LogP contribution in [0.25, 0.3) is 0 Å². The fraction of sp³-hybridized carbons (Fsp3) is 0.263. The normalized spacial score (nSPS) is 12.2. The Hall–Kier alpha value is -2.68. The second-order valence-corrected chi connectivity index (χ2v) is 6.68. The maximum absolute atomic E-state index is 12.3. The number of esters is 1. The number of rotatable bonds is 7. The highest BCUT2D eigenvalue weighted by Crippen LogP contribution is 2.36. The number of amides is 1. The molecule has 1 amide bonds. The minimum absolute atomic E-state index is 0.0425. The van der Waals surface area contributed by atoms with Crippen LogP contribution >= 0.6 is 11.8 Å². The molecule has 0 aliphatic heterocycles. The minimum atomic E-state index is -4.41. The van der Waals surface area contributed by atoms with Crippen LogP contribution in [0.4, 0.5) is 18.9 Å². The van der Waals surface area contributed by atoms with Crippen molar-refractivity contribution in [2.45, 2.75) is 30.4 Å². The molecule has 150 valence electrons. The van der Waals surface area contributed by atoms with Crippen LogP contribution in [0.2, 0.25) is 0 Å². The summed E-state index contributed by atoms with van der Waals surface area (Å²) in [6, 6.07) is 11.6. The molecule has 9 heteroatoms. The van der Waals surface area contributed by atoms with Crippen molar-refractivity contribution in [3.8, 4) is 5.75 Å². The first-order chi connectivity index (χ1) is 13.2. The molecule has 0 radical (unpaired) electrons. The second kappa shape index (κ2) is 9.50. The van der Waals surface area contributed by atoms with Gasteiger partial charge < -0.3 is 14.8 Å². The Morgan fingerprint density at radius 3 is 2.36 bits per heavy atom. The van der Waals surface area contributed by atoms with E-state index in [2.05, 4.69) is 5.32 Å². The third-order valence-corrected chi connectivity index (χ3v) is 4.16. The van der Waals surface area contributed by atoms with Crippen LogP contribution in [-0.4, -0.2) is 30.1 Å². The van der Waals surface area contributed by atoms with E-state index in [-0.39, 0.29) is 22.2 Å². The summed E-state index contributed by atoms with van der Waals surface area (Å²) in [5, 5.41) is 2.62. The maximum Gasteiger partial charge on any atom is 0.446 e. The Morgan fingerprint density at radius 1 is 1.11 bits per heavy atom. The number of alkyl halides is 3. The van der Waals surface area contributed by atoms with Crippen molar-refractivity contribution in [2.24, 2.45) is 0 Å². The summed E-state index contributed by atoms with van der Waals surface area (Å²) in [5.74, 6) is -0.899. The summed E-state index contributed by atoms with van der Waals surface area (Å²) in [4.78, 5) is 24.3. The van der Waals surface area contributed by atoms with Crippen molar-refractivity contribution in [3.63, 3.8) is 0 Å². The molecule has 1 N–H and O–H groups in total. The summed E-state index contributed by atoms with van der Waals surface area (Å²) in [7, 11) is 0. The molecular weight excluding hydrogens is 395 g/mol. The molecule has 2 rings (SSSR count). The van der Waals surface area contributed by atoms with E-state index in [1.54, 1.807) is 24.3 Å². The van der Waals surface area contributed by atoms with E-state index < -0.39 is 23.5 Å².